The fourth-order valence-corrected chi connectivity index (χ4v) is 4.29. The first kappa shape index (κ1) is 20.4. The maximum Gasteiger partial charge on any atom is 0.255 e. The van der Waals surface area contributed by atoms with Crippen LogP contribution in [0.4, 0.5) is 5.82 Å². The molecule has 30 heavy (non-hydrogen) atoms. The molecule has 0 aliphatic carbocycles. The van der Waals surface area contributed by atoms with Gasteiger partial charge in [-0.15, -0.1) is 0 Å². The Hall–Kier alpha value is -2.92. The number of rotatable bonds is 4. The number of hydrogen-bond acceptors (Lipinski definition) is 4. The van der Waals surface area contributed by atoms with Gasteiger partial charge in [-0.1, -0.05) is 23.7 Å². The zero-order valence-electron chi connectivity index (χ0n) is 17.0. The Balaban J connectivity index is 1.52. The molecule has 1 aliphatic rings. The summed E-state index contributed by atoms with van der Waals surface area (Å²) >= 11 is 6.14. The van der Waals surface area contributed by atoms with Crippen molar-refractivity contribution < 1.29 is 4.79 Å². The van der Waals surface area contributed by atoms with Crippen molar-refractivity contribution >= 4 is 23.3 Å². The third kappa shape index (κ3) is 4.79. The second kappa shape index (κ2) is 8.84. The van der Waals surface area contributed by atoms with Crippen LogP contribution in [-0.4, -0.2) is 33.9 Å². The monoisotopic (exact) mass is 420 g/mol. The minimum absolute atomic E-state index is 0.000922. The van der Waals surface area contributed by atoms with Crippen molar-refractivity contribution in [3.05, 3.63) is 87.8 Å². The molecule has 1 fully saturated rings. The molecule has 0 spiro atoms. The lowest BCUT2D eigenvalue weighted by atomic mass is 9.92. The summed E-state index contributed by atoms with van der Waals surface area (Å²) in [5.41, 5.74) is 10.7. The number of nitrogens with zero attached hydrogens (tertiary/aromatic N) is 3. The second-order valence-electron chi connectivity index (χ2n) is 7.91. The topological polar surface area (TPSA) is 72.1 Å². The molecular formula is C24H25ClN4O. The van der Waals surface area contributed by atoms with Crippen molar-refractivity contribution in [1.82, 2.24) is 14.9 Å². The van der Waals surface area contributed by atoms with Gasteiger partial charge in [0.05, 0.1) is 5.56 Å². The van der Waals surface area contributed by atoms with Crippen molar-refractivity contribution in [2.45, 2.75) is 32.1 Å². The predicted octanol–water partition coefficient (Wildman–Crippen LogP) is 4.63. The maximum atomic E-state index is 12.9. The molecule has 1 atom stereocenters. The number of piperidine rings is 1. The number of halogens is 1. The van der Waals surface area contributed by atoms with Gasteiger partial charge in [0.15, 0.2) is 0 Å². The van der Waals surface area contributed by atoms with Crippen LogP contribution in [0.3, 0.4) is 0 Å². The number of aryl methyl sites for hydroxylation is 1. The Morgan fingerprint density at radius 2 is 2.07 bits per heavy atom. The van der Waals surface area contributed by atoms with E-state index >= 15 is 0 Å². The zero-order chi connectivity index (χ0) is 21.1. The molecule has 6 heteroatoms. The van der Waals surface area contributed by atoms with Crippen LogP contribution in [-0.2, 0) is 6.42 Å². The summed E-state index contributed by atoms with van der Waals surface area (Å²) in [4.78, 5) is 23.7. The van der Waals surface area contributed by atoms with Gasteiger partial charge < -0.3 is 10.6 Å². The lowest BCUT2D eigenvalue weighted by Gasteiger charge is -2.33. The van der Waals surface area contributed by atoms with Gasteiger partial charge in [0.2, 0.25) is 0 Å². The van der Waals surface area contributed by atoms with Gasteiger partial charge in [0, 0.05) is 41.6 Å². The number of benzene rings is 1. The van der Waals surface area contributed by atoms with Gasteiger partial charge in [-0.3, -0.25) is 9.78 Å². The highest BCUT2D eigenvalue weighted by molar-refractivity contribution is 6.30. The first-order valence-corrected chi connectivity index (χ1v) is 10.6. The Morgan fingerprint density at radius 1 is 1.20 bits per heavy atom. The van der Waals surface area contributed by atoms with E-state index in [1.54, 1.807) is 18.3 Å². The molecule has 0 saturated carbocycles. The first-order valence-electron chi connectivity index (χ1n) is 10.2. The van der Waals surface area contributed by atoms with E-state index in [2.05, 4.69) is 23.2 Å². The number of pyridine rings is 2. The minimum Gasteiger partial charge on any atom is -0.384 e. The molecule has 3 heterocycles. The number of nitrogen functional groups attached to an aromatic ring is 1. The highest BCUT2D eigenvalue weighted by Gasteiger charge is 2.26. The summed E-state index contributed by atoms with van der Waals surface area (Å²) in [6.07, 6.45) is 4.34. The van der Waals surface area contributed by atoms with E-state index in [0.717, 1.165) is 42.2 Å². The van der Waals surface area contributed by atoms with Crippen LogP contribution < -0.4 is 5.73 Å². The molecular weight excluding hydrogens is 396 g/mol. The molecule has 1 aliphatic heterocycles. The van der Waals surface area contributed by atoms with Crippen LogP contribution in [0, 0.1) is 6.92 Å². The van der Waals surface area contributed by atoms with E-state index in [1.165, 1.54) is 11.1 Å². The fourth-order valence-electron chi connectivity index (χ4n) is 4.08. The number of aromatic nitrogens is 2. The lowest BCUT2D eigenvalue weighted by Crippen LogP contribution is -2.39. The number of amides is 1. The third-order valence-electron chi connectivity index (χ3n) is 5.49. The number of likely N-dealkylation sites (tertiary alicyclic amines) is 1. The molecule has 2 N–H and O–H groups in total. The smallest absolute Gasteiger partial charge is 0.255 e. The van der Waals surface area contributed by atoms with Crippen LogP contribution >= 0.6 is 11.6 Å². The van der Waals surface area contributed by atoms with E-state index < -0.39 is 0 Å². The predicted molar refractivity (Wildman–Crippen MR) is 120 cm³/mol. The van der Waals surface area contributed by atoms with Crippen molar-refractivity contribution in [2.24, 2.45) is 0 Å². The summed E-state index contributed by atoms with van der Waals surface area (Å²) < 4.78 is 0. The molecule has 0 radical (unpaired) electrons. The molecule has 1 saturated heterocycles. The van der Waals surface area contributed by atoms with Gasteiger partial charge in [0.25, 0.3) is 5.91 Å². The standard InChI is InChI=1S/C24H25ClN4O/c1-16-10-18(11-17-4-2-6-21(25)12-17)13-22(28-16)20-5-3-9-29(15-20)24(30)19-7-8-23(26)27-14-19/h2,4,6-8,10,12-14,20H,3,5,9,11,15H2,1H3,(H2,26,27)/t20-/m0/s1. The first-order chi connectivity index (χ1) is 14.5. The second-order valence-corrected chi connectivity index (χ2v) is 8.35. The van der Waals surface area contributed by atoms with Crippen molar-refractivity contribution in [3.8, 4) is 0 Å². The number of carbonyl (C=O) groups excluding carboxylic acids is 1. The Labute approximate surface area is 181 Å². The number of carbonyl (C=O) groups is 1. The molecule has 5 nitrogen and oxygen atoms in total. The van der Waals surface area contributed by atoms with Crippen molar-refractivity contribution in [3.63, 3.8) is 0 Å². The van der Waals surface area contributed by atoms with Crippen LogP contribution in [0.1, 0.15) is 51.6 Å². The summed E-state index contributed by atoms with van der Waals surface area (Å²) in [7, 11) is 0. The average molecular weight is 421 g/mol. The van der Waals surface area contributed by atoms with Crippen LogP contribution in [0.15, 0.2) is 54.7 Å². The molecule has 1 aromatic carbocycles. The van der Waals surface area contributed by atoms with Gasteiger partial charge >= 0.3 is 0 Å². The van der Waals surface area contributed by atoms with Gasteiger partial charge in [-0.05, 0) is 73.7 Å². The highest BCUT2D eigenvalue weighted by atomic mass is 35.5. The summed E-state index contributed by atoms with van der Waals surface area (Å²) in [5, 5.41) is 0.747. The van der Waals surface area contributed by atoms with Crippen LogP contribution in [0.5, 0.6) is 0 Å². The average Bonchev–Trinajstić information content (AvgIpc) is 2.73. The number of anilines is 1. The van der Waals surface area contributed by atoms with Crippen LogP contribution in [0.2, 0.25) is 5.02 Å². The van der Waals surface area contributed by atoms with Gasteiger partial charge in [-0.2, -0.15) is 0 Å². The molecule has 3 aromatic rings. The SMILES string of the molecule is Cc1cc(Cc2cccc(Cl)c2)cc([C@H]2CCCN(C(=O)c3ccc(N)nc3)C2)n1. The molecule has 1 amide bonds. The van der Waals surface area contributed by atoms with Gasteiger partial charge in [0.1, 0.15) is 5.82 Å². The quantitative estimate of drug-likeness (QED) is 0.667. The normalized spacial score (nSPS) is 16.5. The Bertz CT molecular complexity index is 1050. The van der Waals surface area contributed by atoms with Crippen molar-refractivity contribution in [1.29, 1.82) is 0 Å². The van der Waals surface area contributed by atoms with Crippen LogP contribution in [0.25, 0.3) is 0 Å². The number of hydrogen-bond donors (Lipinski definition) is 1. The molecule has 2 aromatic heterocycles. The van der Waals surface area contributed by atoms with E-state index in [1.807, 2.05) is 30.0 Å². The molecule has 4 rings (SSSR count). The molecule has 0 bridgehead atoms. The summed E-state index contributed by atoms with van der Waals surface area (Å²) in [6, 6.07) is 15.7. The fraction of sp³-hybridized carbons (Fsp3) is 0.292. The van der Waals surface area contributed by atoms with E-state index in [-0.39, 0.29) is 11.8 Å². The lowest BCUT2D eigenvalue weighted by molar-refractivity contribution is 0.0705. The summed E-state index contributed by atoms with van der Waals surface area (Å²) in [6.45, 7) is 3.44. The minimum atomic E-state index is -0.000922. The summed E-state index contributed by atoms with van der Waals surface area (Å²) in [5.74, 6) is 0.640. The van der Waals surface area contributed by atoms with E-state index in [4.69, 9.17) is 22.3 Å². The third-order valence-corrected chi connectivity index (χ3v) is 5.73. The molecule has 154 valence electrons. The maximum absolute atomic E-state index is 12.9. The Kier molecular flexibility index (Phi) is 6.00. The molecule has 0 unspecified atom stereocenters. The highest BCUT2D eigenvalue weighted by Crippen LogP contribution is 2.28. The van der Waals surface area contributed by atoms with Gasteiger partial charge in [-0.25, -0.2) is 4.98 Å². The number of nitrogens with two attached hydrogens (primary N) is 1. The van der Waals surface area contributed by atoms with E-state index in [9.17, 15) is 4.79 Å². The largest absolute Gasteiger partial charge is 0.384 e. The zero-order valence-corrected chi connectivity index (χ0v) is 17.8. The van der Waals surface area contributed by atoms with E-state index in [0.29, 0.717) is 17.9 Å². The van der Waals surface area contributed by atoms with Crippen molar-refractivity contribution in [2.75, 3.05) is 18.8 Å². The Morgan fingerprint density at radius 3 is 2.83 bits per heavy atom.